The second-order valence-electron chi connectivity index (χ2n) is 12.5. The number of nitrogens with zero attached hydrogens (tertiary/aromatic N) is 3. The summed E-state index contributed by atoms with van der Waals surface area (Å²) in [4.78, 5) is 30.7. The van der Waals surface area contributed by atoms with Crippen LogP contribution >= 0.6 is 34.5 Å². The molecule has 1 amide bonds. The molecule has 0 saturated carbocycles. The zero-order valence-electron chi connectivity index (χ0n) is 27.6. The molecule has 2 aromatic carbocycles. The number of halogens is 3. The predicted octanol–water partition coefficient (Wildman–Crippen LogP) is 7.69. The molecule has 6 rings (SSSR count). The topological polar surface area (TPSA) is 115 Å². The molecule has 1 unspecified atom stereocenters. The Hall–Kier alpha value is -4.10. The first-order valence-electron chi connectivity index (χ1n) is 16.1. The number of ether oxygens (including phenoxy) is 3. The van der Waals surface area contributed by atoms with E-state index in [4.69, 9.17) is 37.4 Å². The largest absolute Gasteiger partial charge is 0.619 e. The number of benzene rings is 2. The Kier molecular flexibility index (Phi) is 10.7. The van der Waals surface area contributed by atoms with Crippen molar-refractivity contribution in [3.05, 3.63) is 108 Å². The molecule has 10 nitrogen and oxygen atoms in total. The first-order chi connectivity index (χ1) is 24.0. The lowest BCUT2D eigenvalue weighted by Gasteiger charge is -2.36. The van der Waals surface area contributed by atoms with Gasteiger partial charge in [-0.3, -0.25) is 4.90 Å². The molecule has 2 aromatic heterocycles. The van der Waals surface area contributed by atoms with E-state index in [1.165, 1.54) is 49.7 Å². The Morgan fingerprint density at radius 2 is 1.72 bits per heavy atom. The van der Waals surface area contributed by atoms with Crippen LogP contribution in [-0.4, -0.2) is 61.5 Å². The second-order valence-corrected chi connectivity index (χ2v) is 14.5. The molecule has 2 bridgehead atoms. The van der Waals surface area contributed by atoms with Crippen molar-refractivity contribution in [2.75, 3.05) is 26.2 Å². The number of fused-ring (bicyclic) bond motifs is 2. The third-order valence-corrected chi connectivity index (χ3v) is 11.4. The number of pyridine rings is 1. The molecule has 50 heavy (non-hydrogen) atoms. The molecule has 14 heteroatoms. The lowest BCUT2D eigenvalue weighted by Crippen LogP contribution is -2.45. The van der Waals surface area contributed by atoms with Crippen molar-refractivity contribution >= 4 is 52.3 Å². The number of amides is 1. The lowest BCUT2D eigenvalue weighted by molar-refractivity contribution is -0.605. The van der Waals surface area contributed by atoms with Gasteiger partial charge in [-0.1, -0.05) is 41.4 Å². The van der Waals surface area contributed by atoms with Crippen molar-refractivity contribution in [1.82, 2.24) is 4.90 Å². The quantitative estimate of drug-likeness (QED) is 0.123. The number of hydrogen-bond acceptors (Lipinski definition) is 8. The fourth-order valence-electron chi connectivity index (χ4n) is 7.11. The highest BCUT2D eigenvalue weighted by Crippen LogP contribution is 2.42. The SMILES string of the molecule is COc1ccc([C@H](Cc2c(Cl)c[n+]([O-])cc2Cl)c2cc(CN(C(=O)OC3C[C@H]4CC[C@@H](C3)N4C)c3ccccc3F)sc2C(=O)O)cc1OC. The van der Waals surface area contributed by atoms with E-state index in [1.807, 2.05) is 0 Å². The van der Waals surface area contributed by atoms with Gasteiger partial charge < -0.3 is 29.4 Å². The number of anilines is 1. The molecule has 2 aliphatic heterocycles. The monoisotopic (exact) mass is 743 g/mol. The van der Waals surface area contributed by atoms with Crippen molar-refractivity contribution in [1.29, 1.82) is 0 Å². The van der Waals surface area contributed by atoms with Crippen LogP contribution in [0.25, 0.3) is 0 Å². The summed E-state index contributed by atoms with van der Waals surface area (Å²) in [6.07, 6.45) is 4.92. The summed E-state index contributed by atoms with van der Waals surface area (Å²) < 4.78 is 32.8. The number of thiophene rings is 1. The van der Waals surface area contributed by atoms with Gasteiger partial charge in [-0.25, -0.2) is 14.0 Å². The molecule has 4 atom stereocenters. The molecular formula is C36H36Cl2FN3O7S. The fraction of sp³-hybridized carbons (Fsp3) is 0.361. The summed E-state index contributed by atoms with van der Waals surface area (Å²) in [5.74, 6) is -1.58. The predicted molar refractivity (Wildman–Crippen MR) is 188 cm³/mol. The van der Waals surface area contributed by atoms with E-state index in [2.05, 4.69) is 11.9 Å². The number of hydrogen-bond donors (Lipinski definition) is 1. The standard InChI is InChI=1S/C36H36Cl2FN3O7S/c1-40-21-9-10-22(40)14-23(13-21)49-36(45)42(31-7-5-4-6-30(31)39)17-24-15-26(34(50-24)35(43)44)25(16-27-28(37)18-41(46)19-29(27)38)20-8-11-32(47-2)33(12-20)48-3/h4-8,11-12,15,18-19,21-23,25H,9-10,13-14,16-17H2,1-3H3,(H,43,44)/t21-,22+,23?,25-/m0/s1. The van der Waals surface area contributed by atoms with Gasteiger partial charge in [0.15, 0.2) is 23.9 Å². The van der Waals surface area contributed by atoms with Gasteiger partial charge in [0.2, 0.25) is 0 Å². The highest BCUT2D eigenvalue weighted by Gasteiger charge is 2.40. The molecule has 2 saturated heterocycles. The van der Waals surface area contributed by atoms with Crippen LogP contribution in [0.4, 0.5) is 14.9 Å². The Labute approximate surface area is 303 Å². The maximum atomic E-state index is 15.3. The van der Waals surface area contributed by atoms with E-state index in [0.29, 0.717) is 62.7 Å². The van der Waals surface area contributed by atoms with Gasteiger partial charge in [0.1, 0.15) is 26.8 Å². The molecule has 4 aromatic rings. The number of carbonyl (C=O) groups excluding carboxylic acids is 1. The van der Waals surface area contributed by atoms with Crippen molar-refractivity contribution in [2.24, 2.45) is 0 Å². The van der Waals surface area contributed by atoms with Crippen LogP contribution in [0, 0.1) is 11.0 Å². The van der Waals surface area contributed by atoms with Crippen LogP contribution in [-0.2, 0) is 17.7 Å². The molecular weight excluding hydrogens is 708 g/mol. The average Bonchev–Trinajstić information content (AvgIpc) is 3.58. The average molecular weight is 745 g/mol. The van der Waals surface area contributed by atoms with Crippen LogP contribution in [0.15, 0.2) is 60.9 Å². The van der Waals surface area contributed by atoms with Gasteiger partial charge in [-0.2, -0.15) is 4.73 Å². The number of carbonyl (C=O) groups is 2. The van der Waals surface area contributed by atoms with E-state index in [-0.39, 0.29) is 39.7 Å². The zero-order valence-corrected chi connectivity index (χ0v) is 29.9. The highest BCUT2D eigenvalue weighted by atomic mass is 35.5. The van der Waals surface area contributed by atoms with Gasteiger partial charge in [-0.05, 0) is 67.8 Å². The third kappa shape index (κ3) is 7.34. The zero-order chi connectivity index (χ0) is 35.7. The van der Waals surface area contributed by atoms with E-state index >= 15 is 4.39 Å². The third-order valence-electron chi connectivity index (χ3n) is 9.66. The summed E-state index contributed by atoms with van der Waals surface area (Å²) in [6, 6.07) is 13.5. The van der Waals surface area contributed by atoms with Crippen molar-refractivity contribution < 1.29 is 38.0 Å². The Morgan fingerprint density at radius 1 is 1.06 bits per heavy atom. The minimum Gasteiger partial charge on any atom is -0.619 e. The number of piperidine rings is 1. The Morgan fingerprint density at radius 3 is 2.34 bits per heavy atom. The normalized spacial score (nSPS) is 19.2. The van der Waals surface area contributed by atoms with E-state index < -0.39 is 23.8 Å². The maximum absolute atomic E-state index is 15.3. The second kappa shape index (κ2) is 15.0. The number of rotatable bonds is 11. The smallest absolute Gasteiger partial charge is 0.414 e. The first kappa shape index (κ1) is 35.7. The van der Waals surface area contributed by atoms with Gasteiger partial charge in [0.25, 0.3) is 0 Å². The number of para-hydroxylation sites is 1. The van der Waals surface area contributed by atoms with Crippen LogP contribution in [0.1, 0.15) is 62.8 Å². The lowest BCUT2D eigenvalue weighted by atomic mass is 9.85. The fourth-order valence-corrected chi connectivity index (χ4v) is 8.75. The molecule has 2 fully saturated rings. The van der Waals surface area contributed by atoms with Gasteiger partial charge >= 0.3 is 12.1 Å². The summed E-state index contributed by atoms with van der Waals surface area (Å²) in [5.41, 5.74) is 1.52. The molecule has 0 radical (unpaired) electrons. The first-order valence-corrected chi connectivity index (χ1v) is 17.6. The number of carboxylic acids is 1. The van der Waals surface area contributed by atoms with Gasteiger partial charge in [-0.15, -0.1) is 11.3 Å². The molecule has 0 aliphatic carbocycles. The van der Waals surface area contributed by atoms with Crippen LogP contribution in [0.3, 0.4) is 0 Å². The minimum atomic E-state index is -1.19. The van der Waals surface area contributed by atoms with Crippen LogP contribution in [0.2, 0.25) is 10.0 Å². The van der Waals surface area contributed by atoms with E-state index in [0.717, 1.165) is 24.2 Å². The van der Waals surface area contributed by atoms with Crippen molar-refractivity contribution in [3.8, 4) is 11.5 Å². The number of aromatic nitrogens is 1. The summed E-state index contributed by atoms with van der Waals surface area (Å²) in [5, 5.41) is 22.7. The van der Waals surface area contributed by atoms with Crippen LogP contribution in [0.5, 0.6) is 11.5 Å². The number of aromatic carboxylic acids is 1. The summed E-state index contributed by atoms with van der Waals surface area (Å²) in [6.45, 7) is -0.147. The molecule has 4 heterocycles. The minimum absolute atomic E-state index is 0.00981. The Balaban J connectivity index is 1.39. The Bertz CT molecular complexity index is 1870. The van der Waals surface area contributed by atoms with E-state index in [1.54, 1.807) is 30.3 Å². The summed E-state index contributed by atoms with van der Waals surface area (Å²) in [7, 11) is 5.09. The molecule has 0 spiro atoms. The van der Waals surface area contributed by atoms with E-state index in [9.17, 15) is 19.9 Å². The molecule has 264 valence electrons. The highest BCUT2D eigenvalue weighted by molar-refractivity contribution is 7.14. The number of methoxy groups -OCH3 is 2. The van der Waals surface area contributed by atoms with Crippen molar-refractivity contribution in [2.45, 2.75) is 62.8 Å². The maximum Gasteiger partial charge on any atom is 0.414 e. The summed E-state index contributed by atoms with van der Waals surface area (Å²) >= 11 is 14.0. The van der Waals surface area contributed by atoms with Gasteiger partial charge in [0.05, 0.1) is 26.5 Å². The van der Waals surface area contributed by atoms with Crippen LogP contribution < -0.4 is 19.1 Å². The molecule has 1 N–H and O–H groups in total. The number of carboxylic acid groups (broad SMARTS) is 1. The van der Waals surface area contributed by atoms with Crippen molar-refractivity contribution in [3.63, 3.8) is 0 Å². The van der Waals surface area contributed by atoms with Gasteiger partial charge in [0, 0.05) is 41.3 Å². The molecule has 2 aliphatic rings.